The molecule has 9 heterocycles. The van der Waals surface area contributed by atoms with Crippen molar-refractivity contribution in [1.82, 2.24) is 34.6 Å². The van der Waals surface area contributed by atoms with Crippen LogP contribution in [0.15, 0.2) is 54.9 Å². The summed E-state index contributed by atoms with van der Waals surface area (Å²) in [6.45, 7) is 13.2. The van der Waals surface area contributed by atoms with Crippen molar-refractivity contribution in [1.29, 1.82) is 0 Å². The van der Waals surface area contributed by atoms with Crippen LogP contribution < -0.4 is 30.1 Å². The topological polar surface area (TPSA) is 189 Å². The number of aliphatic hydroxyl groups is 1. The largest absolute Gasteiger partial charge is 0.480 e. The van der Waals surface area contributed by atoms with E-state index < -0.39 is 29.7 Å². The van der Waals surface area contributed by atoms with Gasteiger partial charge in [0.1, 0.15) is 23.2 Å². The molecule has 4 atom stereocenters. The molecule has 0 bridgehead atoms. The molecule has 4 saturated heterocycles. The standard InChI is InChI=1S/C52H63N11O7/c1-31-29-58(33-13-16-57(17-14-33)34-7-9-37-38(23-34)50(68)63(49(37)67)41-10-12-46(65)56-47(41)66)18-19-59(31)35-8-11-45(53-27-35)55-39-24-36(28-54-48(39)70-4)60-15-5-6-40(44(60)30-64)62-21-20-61-42(51(62)69)22-32-25-52(2,3)26-43(32)61/h7-9,11,22-24,27-28,31,33,40-41,44,64H,5-6,10,12-21,25-26,29-30H2,1-4H3,(H,53,55)(H,56,65,66)/t31-,40+,41?,44-/m0/s1. The summed E-state index contributed by atoms with van der Waals surface area (Å²) >= 11 is 0. The summed E-state index contributed by atoms with van der Waals surface area (Å²) in [4.78, 5) is 87.1. The molecule has 7 aliphatic rings. The fourth-order valence-electron chi connectivity index (χ4n) is 12.6. The number of benzene rings is 1. The Morgan fingerprint density at radius 1 is 0.786 bits per heavy atom. The number of piperazine rings is 1. The molecule has 11 rings (SSSR count). The van der Waals surface area contributed by atoms with Gasteiger partial charge in [-0.05, 0) is 105 Å². The predicted molar refractivity (Wildman–Crippen MR) is 263 cm³/mol. The summed E-state index contributed by atoms with van der Waals surface area (Å²) in [5.74, 6) is -0.847. The van der Waals surface area contributed by atoms with E-state index in [4.69, 9.17) is 9.72 Å². The van der Waals surface area contributed by atoms with Crippen LogP contribution in [0.4, 0.5) is 28.6 Å². The molecule has 0 spiro atoms. The molecule has 0 saturated carbocycles. The zero-order valence-corrected chi connectivity index (χ0v) is 40.5. The highest BCUT2D eigenvalue weighted by Crippen LogP contribution is 2.41. The van der Waals surface area contributed by atoms with E-state index in [0.29, 0.717) is 41.1 Å². The second kappa shape index (κ2) is 18.0. The van der Waals surface area contributed by atoms with Crippen molar-refractivity contribution >= 4 is 58.1 Å². The number of pyridine rings is 2. The Morgan fingerprint density at radius 3 is 2.30 bits per heavy atom. The maximum atomic E-state index is 14.1. The highest BCUT2D eigenvalue weighted by molar-refractivity contribution is 6.23. The number of carbonyl (C=O) groups excluding carboxylic acids is 5. The minimum atomic E-state index is -0.983. The third-order valence-corrected chi connectivity index (χ3v) is 16.1. The number of aliphatic hydroxyl groups excluding tert-OH is 1. The molecule has 1 aromatic carbocycles. The van der Waals surface area contributed by atoms with Gasteiger partial charge < -0.3 is 39.3 Å². The van der Waals surface area contributed by atoms with Crippen molar-refractivity contribution in [3.05, 3.63) is 82.9 Å². The lowest BCUT2D eigenvalue weighted by atomic mass is 9.90. The van der Waals surface area contributed by atoms with E-state index in [9.17, 15) is 29.1 Å². The second-order valence-electron chi connectivity index (χ2n) is 21.0. The van der Waals surface area contributed by atoms with Gasteiger partial charge in [0.05, 0.1) is 60.7 Å². The molecule has 5 amide bonds. The highest BCUT2D eigenvalue weighted by Gasteiger charge is 2.46. The first kappa shape index (κ1) is 45.9. The molecular weight excluding hydrogens is 891 g/mol. The summed E-state index contributed by atoms with van der Waals surface area (Å²) < 4.78 is 7.95. The Morgan fingerprint density at radius 2 is 1.56 bits per heavy atom. The Kier molecular flexibility index (Phi) is 11.8. The number of fused-ring (bicyclic) bond motifs is 4. The summed E-state index contributed by atoms with van der Waals surface area (Å²) in [6.07, 6.45) is 9.53. The maximum absolute atomic E-state index is 14.1. The van der Waals surface area contributed by atoms with Crippen LogP contribution in [-0.2, 0) is 29.0 Å². The maximum Gasteiger partial charge on any atom is 0.270 e. The second-order valence-corrected chi connectivity index (χ2v) is 21.0. The zero-order valence-electron chi connectivity index (χ0n) is 40.5. The van der Waals surface area contributed by atoms with Crippen LogP contribution in [0.25, 0.3) is 0 Å². The Labute approximate surface area is 407 Å². The van der Waals surface area contributed by atoms with Gasteiger partial charge in [0.2, 0.25) is 17.7 Å². The molecule has 3 aromatic heterocycles. The SMILES string of the molecule is COc1ncc(N2CCC[C@@H](N3CCn4c(cc5c4CC(C)(C)C5)C3=O)[C@@H]2CO)cc1Nc1ccc(N2CCN(C3CCN(c4ccc5c(c4)C(=O)N(C4CCC(=O)NC4=O)C5=O)CC3)C[C@@H]2C)cn1. The number of carbonyl (C=O) groups is 5. The fraction of sp³-hybridized carbons (Fsp3) is 0.519. The van der Waals surface area contributed by atoms with Gasteiger partial charge in [-0.15, -0.1) is 0 Å². The van der Waals surface area contributed by atoms with Gasteiger partial charge in [-0.2, -0.15) is 0 Å². The molecule has 6 aliphatic heterocycles. The summed E-state index contributed by atoms with van der Waals surface area (Å²) in [7, 11) is 1.60. The predicted octanol–water partition coefficient (Wildman–Crippen LogP) is 4.22. The third-order valence-electron chi connectivity index (χ3n) is 16.1. The van der Waals surface area contributed by atoms with Crippen molar-refractivity contribution in [3.8, 4) is 5.88 Å². The van der Waals surface area contributed by atoms with Crippen molar-refractivity contribution in [2.24, 2.45) is 5.41 Å². The minimum absolute atomic E-state index is 0.0563. The Hall–Kier alpha value is -6.53. The van der Waals surface area contributed by atoms with E-state index in [2.05, 4.69) is 72.7 Å². The normalized spacial score (nSPS) is 25.0. The summed E-state index contributed by atoms with van der Waals surface area (Å²) in [5, 5.41) is 16.6. The van der Waals surface area contributed by atoms with Gasteiger partial charge in [0.25, 0.3) is 17.7 Å². The van der Waals surface area contributed by atoms with Crippen LogP contribution in [0.5, 0.6) is 5.88 Å². The van der Waals surface area contributed by atoms with Crippen LogP contribution in [0, 0.1) is 5.41 Å². The number of methoxy groups -OCH3 is 1. The number of imide groups is 2. The van der Waals surface area contributed by atoms with Gasteiger partial charge in [0.15, 0.2) is 0 Å². The first-order valence-corrected chi connectivity index (χ1v) is 25.1. The first-order valence-electron chi connectivity index (χ1n) is 25.1. The lowest BCUT2D eigenvalue weighted by Gasteiger charge is -2.47. The molecule has 3 N–H and O–H groups in total. The molecule has 1 aliphatic carbocycles. The number of nitrogens with zero attached hydrogens (tertiary/aromatic N) is 9. The number of aromatic nitrogens is 3. The van der Waals surface area contributed by atoms with Crippen LogP contribution in [0.2, 0.25) is 0 Å². The number of amides is 5. The fourth-order valence-corrected chi connectivity index (χ4v) is 12.6. The summed E-state index contributed by atoms with van der Waals surface area (Å²) in [6, 6.07) is 12.8. The van der Waals surface area contributed by atoms with Gasteiger partial charge in [0, 0.05) is 82.2 Å². The smallest absolute Gasteiger partial charge is 0.270 e. The van der Waals surface area contributed by atoms with E-state index in [1.165, 1.54) is 11.3 Å². The molecule has 368 valence electrons. The Balaban J connectivity index is 0.697. The van der Waals surface area contributed by atoms with Crippen molar-refractivity contribution in [3.63, 3.8) is 0 Å². The van der Waals surface area contributed by atoms with E-state index in [1.807, 2.05) is 29.3 Å². The van der Waals surface area contributed by atoms with Gasteiger partial charge >= 0.3 is 0 Å². The van der Waals surface area contributed by atoms with Gasteiger partial charge in [-0.25, -0.2) is 9.97 Å². The van der Waals surface area contributed by atoms with Gasteiger partial charge in [-0.3, -0.25) is 39.1 Å². The monoisotopic (exact) mass is 953 g/mol. The molecule has 4 fully saturated rings. The average Bonchev–Trinajstić information content (AvgIpc) is 3.95. The molecule has 1 unspecified atom stereocenters. The molecular formula is C52H63N11O7. The van der Waals surface area contributed by atoms with Crippen LogP contribution in [0.3, 0.4) is 0 Å². The van der Waals surface area contributed by atoms with E-state index in [-0.39, 0.29) is 48.9 Å². The Bertz CT molecular complexity index is 2750. The molecule has 0 radical (unpaired) electrons. The average molecular weight is 954 g/mol. The van der Waals surface area contributed by atoms with Crippen molar-refractivity contribution in [2.45, 2.75) is 109 Å². The lowest BCUT2D eigenvalue weighted by Crippen LogP contribution is -2.60. The first-order chi connectivity index (χ1) is 33.8. The van der Waals surface area contributed by atoms with Crippen molar-refractivity contribution < 1.29 is 33.8 Å². The van der Waals surface area contributed by atoms with E-state index >= 15 is 0 Å². The number of piperidine rings is 3. The van der Waals surface area contributed by atoms with Crippen molar-refractivity contribution in [2.75, 3.05) is 79.5 Å². The molecule has 70 heavy (non-hydrogen) atoms. The number of ether oxygens (including phenoxy) is 1. The number of hydrogen-bond donors (Lipinski definition) is 3. The quantitative estimate of drug-likeness (QED) is 0.192. The number of hydrogen-bond acceptors (Lipinski definition) is 14. The van der Waals surface area contributed by atoms with Crippen LogP contribution in [0.1, 0.15) is 102 Å². The lowest BCUT2D eigenvalue weighted by molar-refractivity contribution is -0.136. The highest BCUT2D eigenvalue weighted by atomic mass is 16.5. The minimum Gasteiger partial charge on any atom is -0.480 e. The van der Waals surface area contributed by atoms with E-state index in [1.54, 1.807) is 25.4 Å². The zero-order chi connectivity index (χ0) is 48.6. The number of rotatable bonds is 10. The van der Waals surface area contributed by atoms with Crippen LogP contribution >= 0.6 is 0 Å². The van der Waals surface area contributed by atoms with E-state index in [0.717, 1.165) is 112 Å². The molecule has 18 nitrogen and oxygen atoms in total. The summed E-state index contributed by atoms with van der Waals surface area (Å²) in [5.41, 5.74) is 7.64. The molecule has 4 aromatic rings. The third kappa shape index (κ3) is 8.11. The molecule has 18 heteroatoms. The van der Waals surface area contributed by atoms with Crippen LogP contribution in [-0.4, -0.2) is 154 Å². The number of anilines is 5. The van der Waals surface area contributed by atoms with Gasteiger partial charge in [-0.1, -0.05) is 13.8 Å². The number of nitrogens with one attached hydrogen (secondary N) is 2.